The summed E-state index contributed by atoms with van der Waals surface area (Å²) in [6.45, 7) is 19.5. The fourth-order valence-corrected chi connectivity index (χ4v) is 5.96. The number of phenolic OH excluding ortho intramolecular Hbond substituents is 1. The van der Waals surface area contributed by atoms with E-state index in [-0.39, 0.29) is 46.1 Å². The Labute approximate surface area is 291 Å². The van der Waals surface area contributed by atoms with Crippen LogP contribution in [0.1, 0.15) is 88.1 Å². The van der Waals surface area contributed by atoms with E-state index < -0.39 is 0 Å². The number of aryl methyl sites for hydroxylation is 3. The number of fused-ring (bicyclic) bond motifs is 1. The summed E-state index contributed by atoms with van der Waals surface area (Å²) in [5, 5.41) is 16.9. The average molecular weight is 767 g/mol. The van der Waals surface area contributed by atoms with Crippen molar-refractivity contribution in [2.75, 3.05) is 0 Å². The van der Waals surface area contributed by atoms with Gasteiger partial charge in [0.2, 0.25) is 0 Å². The SMILES string of the molecule is Cc1cc(-c2ccccc2-c2nc3c([N-]c4c(C(C)C)cccc4C(C)C)cc(C)cc3n2C)c(O)c(C(C)(C)C)c1.[CH3-].[CH3-].[Hf]. The van der Waals surface area contributed by atoms with Crippen molar-refractivity contribution < 1.29 is 30.9 Å². The molecule has 0 aliphatic heterocycles. The van der Waals surface area contributed by atoms with Crippen LogP contribution in [-0.2, 0) is 38.3 Å². The van der Waals surface area contributed by atoms with Crippen molar-refractivity contribution in [1.29, 1.82) is 0 Å². The molecule has 0 atom stereocenters. The number of aromatic hydroxyl groups is 1. The van der Waals surface area contributed by atoms with Crippen molar-refractivity contribution in [3.8, 4) is 28.3 Å². The van der Waals surface area contributed by atoms with Crippen molar-refractivity contribution in [1.82, 2.24) is 9.55 Å². The predicted octanol–water partition coefficient (Wildman–Crippen LogP) is 12.0. The summed E-state index contributed by atoms with van der Waals surface area (Å²) in [4.78, 5) is 5.27. The summed E-state index contributed by atoms with van der Waals surface area (Å²) in [5.74, 6) is 1.89. The minimum Gasteiger partial charge on any atom is -0.656 e. The Balaban J connectivity index is 0.00000235. The Morgan fingerprint density at radius 1 is 0.756 bits per heavy atom. The molecule has 5 aromatic rings. The van der Waals surface area contributed by atoms with Gasteiger partial charge in [0, 0.05) is 49.6 Å². The van der Waals surface area contributed by atoms with Crippen molar-refractivity contribution in [2.24, 2.45) is 7.05 Å². The van der Waals surface area contributed by atoms with E-state index in [1.54, 1.807) is 0 Å². The maximum Gasteiger partial charge on any atom is 0.141 e. The van der Waals surface area contributed by atoms with Crippen molar-refractivity contribution in [3.63, 3.8) is 0 Å². The molecule has 45 heavy (non-hydrogen) atoms. The molecular weight excluding hydrogens is 717 g/mol. The zero-order valence-electron chi connectivity index (χ0n) is 29.3. The molecule has 0 aliphatic rings. The summed E-state index contributed by atoms with van der Waals surface area (Å²) in [6.07, 6.45) is 0. The third-order valence-electron chi connectivity index (χ3n) is 8.21. The van der Waals surface area contributed by atoms with E-state index in [1.807, 2.05) is 12.1 Å². The van der Waals surface area contributed by atoms with Crippen LogP contribution in [0, 0.1) is 28.7 Å². The van der Waals surface area contributed by atoms with E-state index in [9.17, 15) is 5.11 Å². The van der Waals surface area contributed by atoms with E-state index in [0.717, 1.165) is 61.6 Å². The predicted molar refractivity (Wildman–Crippen MR) is 192 cm³/mol. The summed E-state index contributed by atoms with van der Waals surface area (Å²) in [6, 6.07) is 23.3. The molecule has 0 unspecified atom stereocenters. The normalized spacial score (nSPS) is 11.3. The number of nitrogens with zero attached hydrogens (tertiary/aromatic N) is 3. The third-order valence-corrected chi connectivity index (χ3v) is 8.21. The molecule has 0 saturated carbocycles. The molecule has 1 N–H and O–H groups in total. The summed E-state index contributed by atoms with van der Waals surface area (Å²) >= 11 is 0. The summed E-state index contributed by atoms with van der Waals surface area (Å²) in [5.41, 5.74) is 12.1. The number of imidazole rings is 1. The van der Waals surface area contributed by atoms with Gasteiger partial charge in [-0.25, -0.2) is 4.98 Å². The van der Waals surface area contributed by atoms with E-state index in [2.05, 4.69) is 129 Å². The molecule has 5 heteroatoms. The molecule has 0 fully saturated rings. The largest absolute Gasteiger partial charge is 0.656 e. The smallest absolute Gasteiger partial charge is 0.141 e. The zero-order valence-corrected chi connectivity index (χ0v) is 32.9. The van der Waals surface area contributed by atoms with Crippen molar-refractivity contribution in [2.45, 2.75) is 79.6 Å². The van der Waals surface area contributed by atoms with Crippen LogP contribution < -0.4 is 0 Å². The van der Waals surface area contributed by atoms with Gasteiger partial charge in [-0.1, -0.05) is 120 Å². The van der Waals surface area contributed by atoms with Crippen LogP contribution in [-0.4, -0.2) is 14.7 Å². The first kappa shape index (κ1) is 38.0. The first-order valence-electron chi connectivity index (χ1n) is 15.0. The number of phenols is 1. The van der Waals surface area contributed by atoms with Gasteiger partial charge in [0.15, 0.2) is 0 Å². The zero-order chi connectivity index (χ0) is 30.5. The third kappa shape index (κ3) is 7.30. The Kier molecular flexibility index (Phi) is 12.2. The number of hydrogen-bond acceptors (Lipinski definition) is 2. The average Bonchev–Trinajstić information content (AvgIpc) is 3.25. The summed E-state index contributed by atoms with van der Waals surface area (Å²) < 4.78 is 2.16. The van der Waals surface area contributed by atoms with Gasteiger partial charge in [0.1, 0.15) is 11.6 Å². The molecule has 0 radical (unpaired) electrons. The molecule has 5 rings (SSSR count). The van der Waals surface area contributed by atoms with Gasteiger partial charge < -0.3 is 29.8 Å². The number of hydrogen-bond donors (Lipinski definition) is 1. The van der Waals surface area contributed by atoms with Gasteiger partial charge in [0.05, 0.1) is 11.0 Å². The van der Waals surface area contributed by atoms with Gasteiger partial charge in [-0.3, -0.25) is 0 Å². The van der Waals surface area contributed by atoms with Crippen LogP contribution >= 0.6 is 0 Å². The van der Waals surface area contributed by atoms with Gasteiger partial charge in [-0.2, -0.15) is 0 Å². The van der Waals surface area contributed by atoms with E-state index in [1.165, 1.54) is 11.1 Å². The van der Waals surface area contributed by atoms with Crippen LogP contribution in [0.4, 0.5) is 11.4 Å². The maximum absolute atomic E-state index is 11.5. The second-order valence-corrected chi connectivity index (χ2v) is 13.4. The molecule has 4 aromatic carbocycles. The number of para-hydroxylation sites is 1. The van der Waals surface area contributed by atoms with Crippen LogP contribution in [0.25, 0.3) is 38.9 Å². The Morgan fingerprint density at radius 3 is 1.87 bits per heavy atom. The summed E-state index contributed by atoms with van der Waals surface area (Å²) in [7, 11) is 2.07. The van der Waals surface area contributed by atoms with Crippen LogP contribution in [0.3, 0.4) is 0 Å². The number of benzene rings is 4. The molecule has 0 saturated heterocycles. The fraction of sp³-hybridized carbons (Fsp3) is 0.325. The first-order valence-corrected chi connectivity index (χ1v) is 15.0. The molecule has 238 valence electrons. The standard InChI is InChI=1S/C38H44N3O.2CH3.Hf/c1-22(2)26-16-13-17-27(23(3)4)34(26)39-32-20-25(6)21-33-35(32)40-37(41(33)10)29-15-12-11-14-28(29)30-18-24(5)19-31(36(30)42)38(7,8)9;;;/h11-23H,1-10H3,(H,40,42);2*1H3;/q3*-1;. The van der Waals surface area contributed by atoms with Gasteiger partial charge in [0.25, 0.3) is 0 Å². The van der Waals surface area contributed by atoms with Crippen LogP contribution in [0.15, 0.2) is 66.7 Å². The molecule has 1 heterocycles. The van der Waals surface area contributed by atoms with Gasteiger partial charge in [-0.05, 0) is 54.4 Å². The van der Waals surface area contributed by atoms with Crippen LogP contribution in [0.2, 0.25) is 0 Å². The number of aromatic nitrogens is 2. The molecule has 4 nitrogen and oxygen atoms in total. The quantitative estimate of drug-likeness (QED) is 0.138. The molecule has 0 spiro atoms. The van der Waals surface area contributed by atoms with Gasteiger partial charge >= 0.3 is 0 Å². The van der Waals surface area contributed by atoms with E-state index in [4.69, 9.17) is 10.3 Å². The van der Waals surface area contributed by atoms with Gasteiger partial charge in [-0.15, -0.1) is 11.4 Å². The molecule has 0 bridgehead atoms. The Hall–Kier alpha value is -3.18. The van der Waals surface area contributed by atoms with E-state index >= 15 is 0 Å². The maximum atomic E-state index is 11.5. The van der Waals surface area contributed by atoms with Crippen LogP contribution in [0.5, 0.6) is 5.75 Å². The second kappa shape index (κ2) is 14.5. The Morgan fingerprint density at radius 2 is 1.31 bits per heavy atom. The van der Waals surface area contributed by atoms with Crippen molar-refractivity contribution >= 4 is 22.4 Å². The van der Waals surface area contributed by atoms with E-state index in [0.29, 0.717) is 17.6 Å². The first-order chi connectivity index (χ1) is 19.8. The molecule has 0 amide bonds. The topological polar surface area (TPSA) is 52.2 Å². The second-order valence-electron chi connectivity index (χ2n) is 13.4. The Bertz CT molecular complexity index is 1760. The number of rotatable bonds is 6. The molecule has 1 aromatic heterocycles. The molecular formula is C40H50HfN3O-3. The minimum absolute atomic E-state index is 0. The minimum atomic E-state index is -0.188. The fourth-order valence-electron chi connectivity index (χ4n) is 5.96. The monoisotopic (exact) mass is 768 g/mol. The molecule has 0 aliphatic carbocycles. The van der Waals surface area contributed by atoms with Crippen molar-refractivity contribution in [3.05, 3.63) is 115 Å².